The lowest BCUT2D eigenvalue weighted by atomic mass is 10.1. The van der Waals surface area contributed by atoms with Crippen LogP contribution < -0.4 is 15.0 Å². The summed E-state index contributed by atoms with van der Waals surface area (Å²) in [4.78, 5) is 35.3. The fourth-order valence-electron chi connectivity index (χ4n) is 3.21. The van der Waals surface area contributed by atoms with Crippen molar-refractivity contribution >= 4 is 29.2 Å². The number of hydrogen-bond donors (Lipinski definition) is 3. The van der Waals surface area contributed by atoms with Gasteiger partial charge in [-0.3, -0.25) is 4.79 Å². The van der Waals surface area contributed by atoms with Gasteiger partial charge in [-0.1, -0.05) is 19.1 Å². The number of nitrogens with one attached hydrogen (secondary N) is 1. The number of anilines is 2. The van der Waals surface area contributed by atoms with Crippen molar-refractivity contribution in [2.75, 3.05) is 50.1 Å². The molecule has 1 amide bonds. The van der Waals surface area contributed by atoms with Gasteiger partial charge in [0.2, 0.25) is 5.91 Å². The molecular weight excluding hydrogens is 414 g/mol. The molecule has 0 radical (unpaired) electrons. The smallest absolute Gasteiger partial charge is 0.414 e. The van der Waals surface area contributed by atoms with Crippen LogP contribution in [0.15, 0.2) is 48.5 Å². The SMILES string of the molecule is CCN1CCN(c2ccc(NC(=O)Cc3ccc(OC)cc3)cc2)CC1.O=C(O)C(=O)O. The lowest BCUT2D eigenvalue weighted by molar-refractivity contribution is -0.159. The van der Waals surface area contributed by atoms with Crippen molar-refractivity contribution in [1.82, 2.24) is 4.90 Å². The van der Waals surface area contributed by atoms with Crippen molar-refractivity contribution < 1.29 is 29.3 Å². The van der Waals surface area contributed by atoms with Crippen LogP contribution in [0.4, 0.5) is 11.4 Å². The number of aliphatic carboxylic acids is 2. The van der Waals surface area contributed by atoms with Gasteiger partial charge in [0.25, 0.3) is 0 Å². The second-order valence-corrected chi connectivity index (χ2v) is 7.15. The number of ether oxygens (including phenoxy) is 1. The summed E-state index contributed by atoms with van der Waals surface area (Å²) in [7, 11) is 1.63. The molecule has 0 bridgehead atoms. The number of likely N-dealkylation sites (N-methyl/N-ethyl adjacent to an activating group) is 1. The zero-order valence-electron chi connectivity index (χ0n) is 18.3. The van der Waals surface area contributed by atoms with Gasteiger partial charge in [-0.05, 0) is 48.5 Å². The molecule has 0 aliphatic carbocycles. The van der Waals surface area contributed by atoms with Crippen LogP contribution in [0.2, 0.25) is 0 Å². The van der Waals surface area contributed by atoms with E-state index in [1.165, 1.54) is 5.69 Å². The highest BCUT2D eigenvalue weighted by Crippen LogP contribution is 2.20. The Morgan fingerprint density at radius 3 is 1.94 bits per heavy atom. The Labute approximate surface area is 187 Å². The molecule has 3 N–H and O–H groups in total. The van der Waals surface area contributed by atoms with Gasteiger partial charge in [-0.25, -0.2) is 9.59 Å². The molecule has 0 atom stereocenters. The summed E-state index contributed by atoms with van der Waals surface area (Å²) in [5, 5.41) is 17.8. The molecule has 9 heteroatoms. The van der Waals surface area contributed by atoms with Crippen LogP contribution in [0.5, 0.6) is 5.75 Å². The molecule has 1 fully saturated rings. The number of amides is 1. The molecule has 0 aromatic heterocycles. The first-order valence-corrected chi connectivity index (χ1v) is 10.3. The number of carbonyl (C=O) groups excluding carboxylic acids is 1. The van der Waals surface area contributed by atoms with Crippen LogP contribution >= 0.6 is 0 Å². The van der Waals surface area contributed by atoms with Gasteiger partial charge in [0, 0.05) is 37.6 Å². The Bertz CT molecular complexity index is 879. The second-order valence-electron chi connectivity index (χ2n) is 7.15. The summed E-state index contributed by atoms with van der Waals surface area (Å²) in [5.41, 5.74) is 3.02. The van der Waals surface area contributed by atoms with Crippen molar-refractivity contribution in [1.29, 1.82) is 0 Å². The number of nitrogens with zero attached hydrogens (tertiary/aromatic N) is 2. The molecule has 0 saturated carbocycles. The molecule has 1 saturated heterocycles. The first-order valence-electron chi connectivity index (χ1n) is 10.3. The Hall–Kier alpha value is -3.59. The van der Waals surface area contributed by atoms with E-state index in [9.17, 15) is 4.79 Å². The van der Waals surface area contributed by atoms with Crippen LogP contribution in [0, 0.1) is 0 Å². The summed E-state index contributed by atoms with van der Waals surface area (Å²) in [6.45, 7) is 7.65. The largest absolute Gasteiger partial charge is 0.497 e. The van der Waals surface area contributed by atoms with Crippen LogP contribution in [0.3, 0.4) is 0 Å². The minimum Gasteiger partial charge on any atom is -0.497 e. The quantitative estimate of drug-likeness (QED) is 0.581. The number of carbonyl (C=O) groups is 3. The highest BCUT2D eigenvalue weighted by atomic mass is 16.5. The minimum absolute atomic E-state index is 0.0144. The fraction of sp³-hybridized carbons (Fsp3) is 0.348. The molecule has 2 aromatic rings. The summed E-state index contributed by atoms with van der Waals surface area (Å²) >= 11 is 0. The summed E-state index contributed by atoms with van der Waals surface area (Å²) in [5.74, 6) is -2.87. The Balaban J connectivity index is 0.000000534. The van der Waals surface area contributed by atoms with E-state index < -0.39 is 11.9 Å². The van der Waals surface area contributed by atoms with Crippen LogP contribution in [-0.2, 0) is 20.8 Å². The van der Waals surface area contributed by atoms with Crippen molar-refractivity contribution in [3.8, 4) is 5.75 Å². The van der Waals surface area contributed by atoms with Crippen molar-refractivity contribution in [3.63, 3.8) is 0 Å². The second kappa shape index (κ2) is 12.3. The molecule has 1 aliphatic rings. The van der Waals surface area contributed by atoms with E-state index in [1.807, 2.05) is 36.4 Å². The molecule has 9 nitrogen and oxygen atoms in total. The normalized spacial score (nSPS) is 13.5. The first-order chi connectivity index (χ1) is 15.3. The maximum atomic E-state index is 12.2. The highest BCUT2D eigenvalue weighted by molar-refractivity contribution is 6.27. The lowest BCUT2D eigenvalue weighted by Gasteiger charge is -2.35. The van der Waals surface area contributed by atoms with Gasteiger partial charge in [0.1, 0.15) is 5.75 Å². The molecule has 0 unspecified atom stereocenters. The molecule has 1 aliphatic heterocycles. The van der Waals surface area contributed by atoms with Crippen LogP contribution in [-0.4, -0.2) is 72.8 Å². The highest BCUT2D eigenvalue weighted by Gasteiger charge is 2.15. The average molecular weight is 444 g/mol. The monoisotopic (exact) mass is 443 g/mol. The van der Waals surface area contributed by atoms with Gasteiger partial charge < -0.3 is 30.1 Å². The molecule has 32 heavy (non-hydrogen) atoms. The van der Waals surface area contributed by atoms with Gasteiger partial charge in [0.15, 0.2) is 0 Å². The number of methoxy groups -OCH3 is 1. The van der Waals surface area contributed by atoms with E-state index >= 15 is 0 Å². The first kappa shape index (κ1) is 24.7. The zero-order chi connectivity index (χ0) is 23.5. The van der Waals surface area contributed by atoms with E-state index in [2.05, 4.69) is 34.2 Å². The number of hydrogen-bond acceptors (Lipinski definition) is 6. The van der Waals surface area contributed by atoms with Gasteiger partial charge >= 0.3 is 11.9 Å². The lowest BCUT2D eigenvalue weighted by Crippen LogP contribution is -2.46. The number of piperazine rings is 1. The maximum Gasteiger partial charge on any atom is 0.414 e. The van der Waals surface area contributed by atoms with Gasteiger partial charge in [0.05, 0.1) is 13.5 Å². The predicted octanol–water partition coefficient (Wildman–Crippen LogP) is 2.17. The van der Waals surface area contributed by atoms with Crippen molar-refractivity contribution in [2.45, 2.75) is 13.3 Å². The van der Waals surface area contributed by atoms with Crippen molar-refractivity contribution in [2.24, 2.45) is 0 Å². The molecular formula is C23H29N3O6. The van der Waals surface area contributed by atoms with E-state index in [0.717, 1.165) is 49.7 Å². The van der Waals surface area contributed by atoms with Crippen LogP contribution in [0.25, 0.3) is 0 Å². The van der Waals surface area contributed by atoms with E-state index in [4.69, 9.17) is 24.5 Å². The van der Waals surface area contributed by atoms with E-state index in [0.29, 0.717) is 6.42 Å². The Morgan fingerprint density at radius 1 is 0.906 bits per heavy atom. The summed E-state index contributed by atoms with van der Waals surface area (Å²) in [6, 6.07) is 15.7. The standard InChI is InChI=1S/C21H27N3O2.C2H2O4/c1-3-23-12-14-24(15-13-23)19-8-6-18(7-9-19)22-21(25)16-17-4-10-20(26-2)11-5-17;3-1(4)2(5)6/h4-11H,3,12-16H2,1-2H3,(H,22,25);(H,3,4)(H,5,6). The average Bonchev–Trinajstić information content (AvgIpc) is 2.80. The number of carboxylic acids is 2. The molecule has 3 rings (SSSR count). The van der Waals surface area contributed by atoms with Crippen LogP contribution in [0.1, 0.15) is 12.5 Å². The number of rotatable bonds is 6. The van der Waals surface area contributed by atoms with Gasteiger partial charge in [-0.2, -0.15) is 0 Å². The minimum atomic E-state index is -1.82. The Kier molecular flexibility index (Phi) is 9.49. The topological polar surface area (TPSA) is 119 Å². The summed E-state index contributed by atoms with van der Waals surface area (Å²) in [6.07, 6.45) is 0.352. The zero-order valence-corrected chi connectivity index (χ0v) is 18.3. The third-order valence-corrected chi connectivity index (χ3v) is 5.04. The van der Waals surface area contributed by atoms with Crippen molar-refractivity contribution in [3.05, 3.63) is 54.1 Å². The maximum absolute atomic E-state index is 12.2. The molecule has 1 heterocycles. The third-order valence-electron chi connectivity index (χ3n) is 5.04. The van der Waals surface area contributed by atoms with E-state index in [-0.39, 0.29) is 5.91 Å². The predicted molar refractivity (Wildman–Crippen MR) is 121 cm³/mol. The molecule has 2 aromatic carbocycles. The van der Waals surface area contributed by atoms with Gasteiger partial charge in [-0.15, -0.1) is 0 Å². The van der Waals surface area contributed by atoms with E-state index in [1.54, 1.807) is 7.11 Å². The molecule has 172 valence electrons. The number of benzene rings is 2. The molecule has 0 spiro atoms. The number of carboxylic acid groups (broad SMARTS) is 2. The Morgan fingerprint density at radius 2 is 1.47 bits per heavy atom. The fourth-order valence-corrected chi connectivity index (χ4v) is 3.21. The summed E-state index contributed by atoms with van der Waals surface area (Å²) < 4.78 is 5.14. The third kappa shape index (κ3) is 7.92.